The van der Waals surface area contributed by atoms with Crippen molar-refractivity contribution in [3.8, 4) is 11.5 Å². The Morgan fingerprint density at radius 1 is 0.938 bits per heavy atom. The summed E-state index contributed by atoms with van der Waals surface area (Å²) in [7, 11) is 0. The van der Waals surface area contributed by atoms with Crippen LogP contribution in [0.3, 0.4) is 0 Å². The Labute approximate surface area is 100 Å². The predicted molar refractivity (Wildman–Crippen MR) is 64.9 cm³/mol. The van der Waals surface area contributed by atoms with Gasteiger partial charge in [0.05, 0.1) is 0 Å². The Morgan fingerprint density at radius 2 is 1.75 bits per heavy atom. The van der Waals surface area contributed by atoms with Crippen LogP contribution >= 0.6 is 15.9 Å². The minimum absolute atomic E-state index is 0.399. The molecule has 2 aromatic carbocycles. The third-order valence-electron chi connectivity index (χ3n) is 2.42. The molecule has 0 atom stereocenters. The van der Waals surface area contributed by atoms with Gasteiger partial charge in [0.1, 0.15) is 0 Å². The summed E-state index contributed by atoms with van der Waals surface area (Å²) in [6, 6.07) is 14.1. The Kier molecular flexibility index (Phi) is 2.22. The Balaban J connectivity index is 2.31. The van der Waals surface area contributed by atoms with Crippen LogP contribution in [0.15, 0.2) is 51.7 Å². The van der Waals surface area contributed by atoms with Crippen LogP contribution in [-0.2, 0) is 0 Å². The standard InChI is InChI=1S/C12H7BrN2O/c13-12-15-14-11(16-12)10-7-3-5-8-4-1-2-6-9(8)10/h1-7H. The maximum atomic E-state index is 5.37. The second-order valence-electron chi connectivity index (χ2n) is 3.39. The Hall–Kier alpha value is -1.68. The number of benzene rings is 2. The molecule has 16 heavy (non-hydrogen) atoms. The Morgan fingerprint density at radius 3 is 2.56 bits per heavy atom. The van der Waals surface area contributed by atoms with Gasteiger partial charge in [0, 0.05) is 21.5 Å². The summed E-state index contributed by atoms with van der Waals surface area (Å²) in [5.41, 5.74) is 0.955. The molecule has 0 spiro atoms. The van der Waals surface area contributed by atoms with E-state index in [0.29, 0.717) is 10.7 Å². The molecule has 0 aliphatic rings. The number of hydrogen-bond acceptors (Lipinski definition) is 3. The summed E-state index contributed by atoms with van der Waals surface area (Å²) in [5.74, 6) is 0.531. The van der Waals surface area contributed by atoms with E-state index in [2.05, 4.69) is 38.3 Å². The molecule has 3 rings (SSSR count). The second-order valence-corrected chi connectivity index (χ2v) is 4.07. The molecule has 3 nitrogen and oxygen atoms in total. The summed E-state index contributed by atoms with van der Waals surface area (Å²) in [6.45, 7) is 0. The lowest BCUT2D eigenvalue weighted by molar-refractivity contribution is 0.541. The van der Waals surface area contributed by atoms with E-state index in [0.717, 1.165) is 16.3 Å². The number of hydrogen-bond donors (Lipinski definition) is 0. The molecular weight excluding hydrogens is 268 g/mol. The summed E-state index contributed by atoms with van der Waals surface area (Å²) < 4.78 is 5.37. The van der Waals surface area contributed by atoms with Crippen molar-refractivity contribution >= 4 is 26.7 Å². The molecule has 1 aromatic heterocycles. The van der Waals surface area contributed by atoms with Gasteiger partial charge in [-0.2, -0.15) is 0 Å². The summed E-state index contributed by atoms with van der Waals surface area (Å²) in [5, 5.41) is 10.0. The third kappa shape index (κ3) is 1.51. The zero-order chi connectivity index (χ0) is 11.0. The molecule has 0 amide bonds. The molecule has 0 saturated heterocycles. The zero-order valence-corrected chi connectivity index (χ0v) is 9.81. The van der Waals surface area contributed by atoms with Gasteiger partial charge in [-0.15, -0.1) is 10.2 Å². The van der Waals surface area contributed by atoms with Gasteiger partial charge in [0.2, 0.25) is 5.89 Å². The molecule has 4 heteroatoms. The fourth-order valence-corrected chi connectivity index (χ4v) is 1.96. The molecule has 0 N–H and O–H groups in total. The Bertz CT molecular complexity index is 643. The second kappa shape index (κ2) is 3.72. The molecule has 0 aliphatic heterocycles. The fraction of sp³-hybridized carbons (Fsp3) is 0. The van der Waals surface area contributed by atoms with Crippen molar-refractivity contribution < 1.29 is 4.42 Å². The third-order valence-corrected chi connectivity index (χ3v) is 2.74. The van der Waals surface area contributed by atoms with Crippen molar-refractivity contribution in [1.29, 1.82) is 0 Å². The van der Waals surface area contributed by atoms with Crippen molar-refractivity contribution in [1.82, 2.24) is 10.2 Å². The molecule has 0 radical (unpaired) electrons. The van der Waals surface area contributed by atoms with Crippen LogP contribution < -0.4 is 0 Å². The largest absolute Gasteiger partial charge is 0.411 e. The minimum Gasteiger partial charge on any atom is -0.411 e. The predicted octanol–water partition coefficient (Wildman–Crippen LogP) is 3.65. The van der Waals surface area contributed by atoms with E-state index in [1.807, 2.05) is 30.3 Å². The van der Waals surface area contributed by atoms with Crippen molar-refractivity contribution in [2.45, 2.75) is 0 Å². The maximum absolute atomic E-state index is 5.37. The van der Waals surface area contributed by atoms with Crippen LogP contribution in [0, 0.1) is 0 Å². The van der Waals surface area contributed by atoms with Crippen LogP contribution in [0.5, 0.6) is 0 Å². The molecule has 0 fully saturated rings. The van der Waals surface area contributed by atoms with Crippen LogP contribution in [0.25, 0.3) is 22.2 Å². The average Bonchev–Trinajstić information content (AvgIpc) is 2.75. The van der Waals surface area contributed by atoms with Gasteiger partial charge in [-0.3, -0.25) is 0 Å². The van der Waals surface area contributed by atoms with Crippen LogP contribution in [0.1, 0.15) is 0 Å². The molecule has 78 valence electrons. The first-order valence-corrected chi connectivity index (χ1v) is 5.61. The van der Waals surface area contributed by atoms with Gasteiger partial charge in [-0.25, -0.2) is 0 Å². The normalized spacial score (nSPS) is 10.8. The van der Waals surface area contributed by atoms with Gasteiger partial charge in [0.15, 0.2) is 0 Å². The average molecular weight is 275 g/mol. The van der Waals surface area contributed by atoms with Crippen LogP contribution in [0.4, 0.5) is 0 Å². The van der Waals surface area contributed by atoms with E-state index < -0.39 is 0 Å². The van der Waals surface area contributed by atoms with Crippen molar-refractivity contribution in [2.24, 2.45) is 0 Å². The lowest BCUT2D eigenvalue weighted by Gasteiger charge is -2.01. The maximum Gasteiger partial charge on any atom is 0.285 e. The summed E-state index contributed by atoms with van der Waals surface area (Å²) in [6.07, 6.45) is 0. The van der Waals surface area contributed by atoms with Gasteiger partial charge in [-0.05, 0) is 16.8 Å². The molecule has 0 unspecified atom stereocenters. The number of halogens is 1. The quantitative estimate of drug-likeness (QED) is 0.680. The van der Waals surface area contributed by atoms with Crippen LogP contribution in [0.2, 0.25) is 0 Å². The molecule has 0 saturated carbocycles. The molecule has 0 bridgehead atoms. The first-order valence-electron chi connectivity index (χ1n) is 4.82. The molecule has 3 aromatic rings. The smallest absolute Gasteiger partial charge is 0.285 e. The topological polar surface area (TPSA) is 38.9 Å². The van der Waals surface area contributed by atoms with Gasteiger partial charge >= 0.3 is 0 Å². The first kappa shape index (κ1) is 9.54. The van der Waals surface area contributed by atoms with E-state index >= 15 is 0 Å². The van der Waals surface area contributed by atoms with E-state index in [1.54, 1.807) is 0 Å². The number of rotatable bonds is 1. The highest BCUT2D eigenvalue weighted by Gasteiger charge is 2.09. The van der Waals surface area contributed by atoms with Crippen LogP contribution in [-0.4, -0.2) is 10.2 Å². The number of fused-ring (bicyclic) bond motifs is 1. The summed E-state index contributed by atoms with van der Waals surface area (Å²) in [4.78, 5) is 0.399. The van der Waals surface area contributed by atoms with Gasteiger partial charge < -0.3 is 4.42 Å². The van der Waals surface area contributed by atoms with Crippen molar-refractivity contribution in [3.63, 3.8) is 0 Å². The highest BCUT2D eigenvalue weighted by Crippen LogP contribution is 2.28. The van der Waals surface area contributed by atoms with E-state index in [9.17, 15) is 0 Å². The zero-order valence-electron chi connectivity index (χ0n) is 8.22. The lowest BCUT2D eigenvalue weighted by Crippen LogP contribution is -1.80. The van der Waals surface area contributed by atoms with E-state index in [1.165, 1.54) is 0 Å². The number of aromatic nitrogens is 2. The fourth-order valence-electron chi connectivity index (χ4n) is 1.73. The minimum atomic E-state index is 0.399. The van der Waals surface area contributed by atoms with Gasteiger partial charge in [0.25, 0.3) is 4.80 Å². The monoisotopic (exact) mass is 274 g/mol. The lowest BCUT2D eigenvalue weighted by atomic mass is 10.0. The van der Waals surface area contributed by atoms with E-state index in [-0.39, 0.29) is 0 Å². The van der Waals surface area contributed by atoms with Gasteiger partial charge in [-0.1, -0.05) is 36.4 Å². The summed E-state index contributed by atoms with van der Waals surface area (Å²) >= 11 is 3.15. The van der Waals surface area contributed by atoms with E-state index in [4.69, 9.17) is 4.42 Å². The number of nitrogens with zero attached hydrogens (tertiary/aromatic N) is 2. The highest BCUT2D eigenvalue weighted by atomic mass is 79.9. The molecule has 1 heterocycles. The highest BCUT2D eigenvalue weighted by molar-refractivity contribution is 9.10. The molecular formula is C12H7BrN2O. The first-order chi connectivity index (χ1) is 7.84. The molecule has 0 aliphatic carbocycles. The SMILES string of the molecule is Brc1nnc(-c2cccc3ccccc23)o1. The van der Waals surface area contributed by atoms with Crippen molar-refractivity contribution in [2.75, 3.05) is 0 Å². The van der Waals surface area contributed by atoms with Crippen molar-refractivity contribution in [3.05, 3.63) is 47.3 Å².